The maximum absolute atomic E-state index is 13.8. The highest BCUT2D eigenvalue weighted by Crippen LogP contribution is 2.28. The average molecular weight is 337 g/mol. The minimum absolute atomic E-state index is 0.0410. The first kappa shape index (κ1) is 15.7. The molecule has 1 aromatic heterocycles. The lowest BCUT2D eigenvalue weighted by molar-refractivity contribution is 0.274. The fraction of sp³-hybridized carbons (Fsp3) is 0.250. The Balaban J connectivity index is 2.26. The SMILES string of the molecule is Cc1cc(COc2ccc(S(=O)(=O)Cl)c(F)c2F)n(C)n1. The van der Waals surface area contributed by atoms with Crippen LogP contribution >= 0.6 is 10.7 Å². The Morgan fingerprint density at radius 3 is 2.52 bits per heavy atom. The predicted molar refractivity (Wildman–Crippen MR) is 71.7 cm³/mol. The molecule has 0 N–H and O–H groups in total. The van der Waals surface area contributed by atoms with Crippen molar-refractivity contribution in [1.82, 2.24) is 9.78 Å². The number of aryl methyl sites for hydroxylation is 2. The zero-order valence-corrected chi connectivity index (χ0v) is 12.7. The molecule has 0 fully saturated rings. The molecule has 0 aliphatic carbocycles. The van der Waals surface area contributed by atoms with E-state index in [0.717, 1.165) is 17.8 Å². The van der Waals surface area contributed by atoms with Gasteiger partial charge in [-0.3, -0.25) is 4.68 Å². The van der Waals surface area contributed by atoms with Crippen molar-refractivity contribution in [3.63, 3.8) is 0 Å². The van der Waals surface area contributed by atoms with E-state index >= 15 is 0 Å². The van der Waals surface area contributed by atoms with Crippen molar-refractivity contribution in [2.75, 3.05) is 0 Å². The Bertz CT molecular complexity index is 790. The van der Waals surface area contributed by atoms with Crippen LogP contribution in [0.15, 0.2) is 23.1 Å². The van der Waals surface area contributed by atoms with Gasteiger partial charge in [0, 0.05) is 17.7 Å². The van der Waals surface area contributed by atoms with Gasteiger partial charge in [-0.25, -0.2) is 12.8 Å². The molecule has 0 unspecified atom stereocenters. The highest BCUT2D eigenvalue weighted by molar-refractivity contribution is 8.13. The van der Waals surface area contributed by atoms with Crippen LogP contribution in [0.3, 0.4) is 0 Å². The quantitative estimate of drug-likeness (QED) is 0.805. The highest BCUT2D eigenvalue weighted by Gasteiger charge is 2.22. The van der Waals surface area contributed by atoms with E-state index in [4.69, 9.17) is 15.4 Å². The second-order valence-corrected chi connectivity index (χ2v) is 6.85. The Morgan fingerprint density at radius 2 is 2.00 bits per heavy atom. The number of aromatic nitrogens is 2. The normalized spacial score (nSPS) is 11.7. The van der Waals surface area contributed by atoms with Crippen LogP contribution in [-0.2, 0) is 22.7 Å². The van der Waals surface area contributed by atoms with E-state index in [1.54, 1.807) is 24.7 Å². The van der Waals surface area contributed by atoms with E-state index in [-0.39, 0.29) is 6.61 Å². The number of rotatable bonds is 4. The number of hydrogen-bond acceptors (Lipinski definition) is 4. The molecule has 0 saturated heterocycles. The minimum Gasteiger partial charge on any atom is -0.484 e. The molecular weight excluding hydrogens is 326 g/mol. The third kappa shape index (κ3) is 3.33. The first-order chi connectivity index (χ1) is 9.70. The van der Waals surface area contributed by atoms with Crippen LogP contribution in [0.5, 0.6) is 5.75 Å². The second kappa shape index (κ2) is 5.61. The summed E-state index contributed by atoms with van der Waals surface area (Å²) in [7, 11) is 2.33. The highest BCUT2D eigenvalue weighted by atomic mass is 35.7. The Kier molecular flexibility index (Phi) is 4.20. The molecule has 0 amide bonds. The first-order valence-corrected chi connectivity index (χ1v) is 8.06. The molecule has 0 atom stereocenters. The van der Waals surface area contributed by atoms with Gasteiger partial charge < -0.3 is 4.74 Å². The molecule has 5 nitrogen and oxygen atoms in total. The Labute approximate surface area is 124 Å². The summed E-state index contributed by atoms with van der Waals surface area (Å²) >= 11 is 0. The first-order valence-electron chi connectivity index (χ1n) is 5.75. The fourth-order valence-corrected chi connectivity index (χ4v) is 2.66. The summed E-state index contributed by atoms with van der Waals surface area (Å²) in [5.74, 6) is -3.38. The third-order valence-electron chi connectivity index (χ3n) is 2.75. The van der Waals surface area contributed by atoms with Crippen LogP contribution in [0, 0.1) is 18.6 Å². The number of hydrogen-bond donors (Lipinski definition) is 0. The minimum atomic E-state index is -4.36. The van der Waals surface area contributed by atoms with Crippen LogP contribution in [0.1, 0.15) is 11.4 Å². The molecule has 2 aromatic rings. The summed E-state index contributed by atoms with van der Waals surface area (Å²) in [4.78, 5) is -0.926. The van der Waals surface area contributed by atoms with Crippen LogP contribution in [0.4, 0.5) is 8.78 Å². The molecule has 1 aromatic carbocycles. The van der Waals surface area contributed by atoms with Gasteiger partial charge in [0.15, 0.2) is 11.6 Å². The van der Waals surface area contributed by atoms with E-state index < -0.39 is 31.3 Å². The summed E-state index contributed by atoms with van der Waals surface area (Å²) in [6.45, 7) is 1.74. The van der Waals surface area contributed by atoms with Crippen molar-refractivity contribution in [1.29, 1.82) is 0 Å². The summed E-state index contributed by atoms with van der Waals surface area (Å²) in [5.41, 5.74) is 1.41. The van der Waals surface area contributed by atoms with E-state index in [1.165, 1.54) is 0 Å². The predicted octanol–water partition coefficient (Wildman–Crippen LogP) is 2.51. The van der Waals surface area contributed by atoms with E-state index in [0.29, 0.717) is 5.69 Å². The average Bonchev–Trinajstić information content (AvgIpc) is 2.68. The molecule has 0 aliphatic rings. The van der Waals surface area contributed by atoms with Gasteiger partial charge in [0.25, 0.3) is 9.05 Å². The fourth-order valence-electron chi connectivity index (χ4n) is 1.76. The van der Waals surface area contributed by atoms with Crippen molar-refractivity contribution in [3.05, 3.63) is 41.2 Å². The molecule has 1 heterocycles. The molecule has 2 rings (SSSR count). The number of halogens is 3. The molecule has 9 heteroatoms. The Morgan fingerprint density at radius 1 is 1.33 bits per heavy atom. The van der Waals surface area contributed by atoms with Crippen LogP contribution in [0.2, 0.25) is 0 Å². The van der Waals surface area contributed by atoms with Crippen molar-refractivity contribution >= 4 is 19.7 Å². The molecule has 0 radical (unpaired) electrons. The van der Waals surface area contributed by atoms with Crippen molar-refractivity contribution < 1.29 is 21.9 Å². The van der Waals surface area contributed by atoms with Gasteiger partial charge in [-0.1, -0.05) is 0 Å². The van der Waals surface area contributed by atoms with Crippen LogP contribution in [0.25, 0.3) is 0 Å². The molecule has 0 bridgehead atoms. The Hall–Kier alpha value is -1.67. The number of nitrogens with zero attached hydrogens (tertiary/aromatic N) is 2. The lowest BCUT2D eigenvalue weighted by Gasteiger charge is -2.09. The van der Waals surface area contributed by atoms with Crippen molar-refractivity contribution in [3.8, 4) is 5.75 Å². The lowest BCUT2D eigenvalue weighted by Crippen LogP contribution is -2.06. The lowest BCUT2D eigenvalue weighted by atomic mass is 10.3. The summed E-state index contributed by atoms with van der Waals surface area (Å²) in [5, 5.41) is 4.08. The maximum Gasteiger partial charge on any atom is 0.264 e. The summed E-state index contributed by atoms with van der Waals surface area (Å²) < 4.78 is 56.2. The van der Waals surface area contributed by atoms with Crippen molar-refractivity contribution in [2.24, 2.45) is 7.05 Å². The number of ether oxygens (including phenoxy) is 1. The van der Waals surface area contributed by atoms with E-state index in [9.17, 15) is 17.2 Å². The van der Waals surface area contributed by atoms with Crippen LogP contribution < -0.4 is 4.74 Å². The molecule has 21 heavy (non-hydrogen) atoms. The summed E-state index contributed by atoms with van der Waals surface area (Å²) in [6, 6.07) is 3.59. The largest absolute Gasteiger partial charge is 0.484 e. The molecule has 0 spiro atoms. The van der Waals surface area contributed by atoms with Gasteiger partial charge in [-0.2, -0.15) is 9.49 Å². The molecule has 0 aliphatic heterocycles. The maximum atomic E-state index is 13.8. The van der Waals surface area contributed by atoms with Gasteiger partial charge in [0.1, 0.15) is 11.5 Å². The van der Waals surface area contributed by atoms with Crippen LogP contribution in [-0.4, -0.2) is 18.2 Å². The second-order valence-electron chi connectivity index (χ2n) is 4.32. The molecule has 0 saturated carbocycles. The zero-order chi connectivity index (χ0) is 15.8. The molecular formula is C12H11ClF2N2O3S. The van der Waals surface area contributed by atoms with Gasteiger partial charge in [-0.05, 0) is 25.1 Å². The summed E-state index contributed by atoms with van der Waals surface area (Å²) in [6.07, 6.45) is 0. The molecule has 114 valence electrons. The van der Waals surface area contributed by atoms with Gasteiger partial charge in [-0.15, -0.1) is 0 Å². The van der Waals surface area contributed by atoms with Gasteiger partial charge >= 0.3 is 0 Å². The van der Waals surface area contributed by atoms with E-state index in [1.807, 2.05) is 0 Å². The van der Waals surface area contributed by atoms with E-state index in [2.05, 4.69) is 5.10 Å². The number of benzene rings is 1. The standard InChI is InChI=1S/C12H11ClF2N2O3S/c1-7-5-8(17(2)16-7)6-20-9-3-4-10(21(13,18)19)12(15)11(9)14/h3-5H,6H2,1-2H3. The van der Waals surface area contributed by atoms with Gasteiger partial charge in [0.05, 0.1) is 11.4 Å². The van der Waals surface area contributed by atoms with Crippen molar-refractivity contribution in [2.45, 2.75) is 18.4 Å². The zero-order valence-electron chi connectivity index (χ0n) is 11.1. The smallest absolute Gasteiger partial charge is 0.264 e. The van der Waals surface area contributed by atoms with Gasteiger partial charge in [0.2, 0.25) is 5.82 Å². The monoisotopic (exact) mass is 336 g/mol. The topological polar surface area (TPSA) is 61.2 Å². The third-order valence-corrected chi connectivity index (χ3v) is 4.09.